The molecule has 0 aliphatic heterocycles. The number of para-hydroxylation sites is 3. The van der Waals surface area contributed by atoms with Gasteiger partial charge in [0.25, 0.3) is 0 Å². The highest BCUT2D eigenvalue weighted by atomic mass is 19.3. The second kappa shape index (κ2) is 6.75. The molecular weight excluding hydrogens is 302 g/mol. The van der Waals surface area contributed by atoms with E-state index >= 15 is 0 Å². The summed E-state index contributed by atoms with van der Waals surface area (Å²) in [5, 5.41) is 0. The molecule has 0 unspecified atom stereocenters. The molecule has 4 nitrogen and oxygen atoms in total. The number of rotatable bonds is 6. The van der Waals surface area contributed by atoms with E-state index in [9.17, 15) is 8.78 Å². The van der Waals surface area contributed by atoms with Gasteiger partial charge >= 0.3 is 6.61 Å². The molecule has 0 fully saturated rings. The Hall–Kier alpha value is -2.47. The molecule has 0 saturated heterocycles. The standard InChI is InChI=1S/C17H16F2N2O2/c1-22-11-16-20-13-7-3-4-8-14(13)21(16)10-12-6-2-5-9-15(12)23-17(18)19/h2-9,17H,10-11H2,1H3. The number of aromatic nitrogens is 2. The average molecular weight is 318 g/mol. The molecule has 0 aliphatic rings. The Kier molecular flexibility index (Phi) is 4.52. The minimum atomic E-state index is -2.85. The maximum atomic E-state index is 12.6. The van der Waals surface area contributed by atoms with Crippen LogP contribution in [0.15, 0.2) is 48.5 Å². The molecule has 6 heteroatoms. The lowest BCUT2D eigenvalue weighted by Crippen LogP contribution is -2.09. The zero-order valence-electron chi connectivity index (χ0n) is 12.6. The van der Waals surface area contributed by atoms with Crippen LogP contribution in [0, 0.1) is 0 Å². The number of halogens is 2. The minimum absolute atomic E-state index is 0.170. The van der Waals surface area contributed by atoms with Crippen molar-refractivity contribution in [2.24, 2.45) is 0 Å². The molecule has 0 aliphatic carbocycles. The summed E-state index contributed by atoms with van der Waals surface area (Å²) in [6.07, 6.45) is 0. The van der Waals surface area contributed by atoms with Crippen molar-refractivity contribution in [3.63, 3.8) is 0 Å². The molecule has 0 atom stereocenters. The first-order valence-electron chi connectivity index (χ1n) is 7.15. The molecule has 0 saturated carbocycles. The van der Waals surface area contributed by atoms with E-state index in [1.165, 1.54) is 6.07 Å². The lowest BCUT2D eigenvalue weighted by atomic mass is 10.2. The van der Waals surface area contributed by atoms with Gasteiger partial charge in [-0.1, -0.05) is 30.3 Å². The average Bonchev–Trinajstić information content (AvgIpc) is 2.87. The summed E-state index contributed by atoms with van der Waals surface area (Å²) in [6, 6.07) is 14.4. The summed E-state index contributed by atoms with van der Waals surface area (Å²) in [6.45, 7) is -2.14. The van der Waals surface area contributed by atoms with Crippen molar-refractivity contribution >= 4 is 11.0 Å². The van der Waals surface area contributed by atoms with Crippen LogP contribution in [0.4, 0.5) is 8.78 Å². The molecule has 1 heterocycles. The topological polar surface area (TPSA) is 36.3 Å². The fourth-order valence-corrected chi connectivity index (χ4v) is 2.56. The number of methoxy groups -OCH3 is 1. The Labute approximate surface area is 132 Å². The summed E-state index contributed by atoms with van der Waals surface area (Å²) in [7, 11) is 1.59. The van der Waals surface area contributed by atoms with Crippen LogP contribution < -0.4 is 4.74 Å². The zero-order chi connectivity index (χ0) is 16.2. The number of fused-ring (bicyclic) bond motifs is 1. The third kappa shape index (κ3) is 3.32. The smallest absolute Gasteiger partial charge is 0.387 e. The van der Waals surface area contributed by atoms with Gasteiger partial charge in [-0.3, -0.25) is 0 Å². The predicted octanol–water partition coefficient (Wildman–Crippen LogP) is 3.83. The van der Waals surface area contributed by atoms with Crippen molar-refractivity contribution in [1.82, 2.24) is 9.55 Å². The maximum Gasteiger partial charge on any atom is 0.387 e. The van der Waals surface area contributed by atoms with Crippen molar-refractivity contribution in [2.45, 2.75) is 19.8 Å². The van der Waals surface area contributed by atoms with Crippen LogP contribution >= 0.6 is 0 Å². The molecule has 0 bridgehead atoms. The lowest BCUT2D eigenvalue weighted by Gasteiger charge is -2.13. The number of hydrogen-bond donors (Lipinski definition) is 0. The van der Waals surface area contributed by atoms with Gasteiger partial charge in [0.1, 0.15) is 18.2 Å². The molecule has 0 radical (unpaired) electrons. The van der Waals surface area contributed by atoms with Crippen molar-refractivity contribution in [3.8, 4) is 5.75 Å². The molecule has 120 valence electrons. The third-order valence-electron chi connectivity index (χ3n) is 3.52. The maximum absolute atomic E-state index is 12.6. The number of ether oxygens (including phenoxy) is 2. The number of benzene rings is 2. The normalized spacial score (nSPS) is 11.3. The van der Waals surface area contributed by atoms with Crippen molar-refractivity contribution in [1.29, 1.82) is 0 Å². The predicted molar refractivity (Wildman–Crippen MR) is 82.6 cm³/mol. The van der Waals surface area contributed by atoms with E-state index in [0.717, 1.165) is 16.9 Å². The van der Waals surface area contributed by atoms with Gasteiger partial charge < -0.3 is 14.0 Å². The van der Waals surface area contributed by atoms with Gasteiger partial charge in [-0.25, -0.2) is 4.98 Å². The van der Waals surface area contributed by atoms with Crippen LogP contribution in [0.5, 0.6) is 5.75 Å². The monoisotopic (exact) mass is 318 g/mol. The van der Waals surface area contributed by atoms with Crippen LogP contribution in [-0.4, -0.2) is 23.3 Å². The van der Waals surface area contributed by atoms with Gasteiger partial charge in [0.05, 0.1) is 17.6 Å². The Balaban J connectivity index is 2.03. The summed E-state index contributed by atoms with van der Waals surface area (Å²) >= 11 is 0. The van der Waals surface area contributed by atoms with E-state index in [4.69, 9.17) is 4.74 Å². The van der Waals surface area contributed by atoms with E-state index in [0.29, 0.717) is 18.7 Å². The second-order valence-corrected chi connectivity index (χ2v) is 5.02. The van der Waals surface area contributed by atoms with Crippen LogP contribution in [0.25, 0.3) is 11.0 Å². The Morgan fingerprint density at radius 2 is 1.83 bits per heavy atom. The van der Waals surface area contributed by atoms with Gasteiger partial charge in [-0.15, -0.1) is 0 Å². The first-order valence-corrected chi connectivity index (χ1v) is 7.15. The van der Waals surface area contributed by atoms with E-state index < -0.39 is 6.61 Å². The minimum Gasteiger partial charge on any atom is -0.434 e. The highest BCUT2D eigenvalue weighted by Crippen LogP contribution is 2.24. The Bertz CT molecular complexity index is 802. The molecule has 0 spiro atoms. The fraction of sp³-hybridized carbons (Fsp3) is 0.235. The van der Waals surface area contributed by atoms with Crippen molar-refractivity contribution in [3.05, 3.63) is 59.9 Å². The van der Waals surface area contributed by atoms with Gasteiger partial charge in [0.15, 0.2) is 0 Å². The van der Waals surface area contributed by atoms with E-state index in [-0.39, 0.29) is 5.75 Å². The molecule has 0 amide bonds. The highest BCUT2D eigenvalue weighted by molar-refractivity contribution is 5.76. The quantitative estimate of drug-likeness (QED) is 0.693. The first-order chi connectivity index (χ1) is 11.2. The largest absolute Gasteiger partial charge is 0.434 e. The first kappa shape index (κ1) is 15.4. The third-order valence-corrected chi connectivity index (χ3v) is 3.52. The highest BCUT2D eigenvalue weighted by Gasteiger charge is 2.14. The molecular formula is C17H16F2N2O2. The molecule has 0 N–H and O–H groups in total. The van der Waals surface area contributed by atoms with Gasteiger partial charge in [0, 0.05) is 12.7 Å². The van der Waals surface area contributed by atoms with Gasteiger partial charge in [0.2, 0.25) is 0 Å². The number of alkyl halides is 2. The van der Waals surface area contributed by atoms with E-state index in [2.05, 4.69) is 9.72 Å². The van der Waals surface area contributed by atoms with Crippen LogP contribution in [0.1, 0.15) is 11.4 Å². The lowest BCUT2D eigenvalue weighted by molar-refractivity contribution is -0.0504. The fourth-order valence-electron chi connectivity index (χ4n) is 2.56. The van der Waals surface area contributed by atoms with Gasteiger partial charge in [-0.2, -0.15) is 8.78 Å². The van der Waals surface area contributed by atoms with E-state index in [1.54, 1.807) is 25.3 Å². The zero-order valence-corrected chi connectivity index (χ0v) is 12.6. The van der Waals surface area contributed by atoms with Gasteiger partial charge in [-0.05, 0) is 18.2 Å². The molecule has 1 aromatic heterocycles. The number of nitrogens with zero attached hydrogens (tertiary/aromatic N) is 2. The van der Waals surface area contributed by atoms with Crippen LogP contribution in [0.2, 0.25) is 0 Å². The van der Waals surface area contributed by atoms with E-state index in [1.807, 2.05) is 28.8 Å². The summed E-state index contributed by atoms with van der Waals surface area (Å²) in [5.41, 5.74) is 2.42. The molecule has 3 aromatic rings. The Morgan fingerprint density at radius 3 is 2.61 bits per heavy atom. The van der Waals surface area contributed by atoms with Crippen LogP contribution in [0.3, 0.4) is 0 Å². The number of imidazole rings is 1. The van der Waals surface area contributed by atoms with Crippen molar-refractivity contribution in [2.75, 3.05) is 7.11 Å². The Morgan fingerprint density at radius 1 is 1.09 bits per heavy atom. The molecule has 3 rings (SSSR count). The summed E-state index contributed by atoms with van der Waals surface area (Å²) in [5.74, 6) is 0.907. The molecule has 23 heavy (non-hydrogen) atoms. The SMILES string of the molecule is COCc1nc2ccccc2n1Cc1ccccc1OC(F)F. The molecule has 2 aromatic carbocycles. The summed E-state index contributed by atoms with van der Waals surface area (Å²) < 4.78 is 36.9. The van der Waals surface area contributed by atoms with Crippen molar-refractivity contribution < 1.29 is 18.3 Å². The number of hydrogen-bond acceptors (Lipinski definition) is 3. The summed E-state index contributed by atoms with van der Waals surface area (Å²) in [4.78, 5) is 4.54. The van der Waals surface area contributed by atoms with Crippen LogP contribution in [-0.2, 0) is 17.9 Å². The second-order valence-electron chi connectivity index (χ2n) is 5.02.